The average molecular weight is 420 g/mol. The topological polar surface area (TPSA) is 35.5 Å². The van der Waals surface area contributed by atoms with Gasteiger partial charge in [-0.15, -0.1) is 0 Å². The monoisotopic (exact) mass is 420 g/mol. The molecular weight excluding hydrogens is 395 g/mol. The number of halogens is 5. The number of ether oxygens (including phenoxy) is 2. The Balaban J connectivity index is 2.01. The molecule has 1 saturated carbocycles. The Labute approximate surface area is 166 Å². The highest BCUT2D eigenvalue weighted by Gasteiger charge is 2.61. The molecule has 0 amide bonds. The lowest BCUT2D eigenvalue weighted by Crippen LogP contribution is -2.63. The van der Waals surface area contributed by atoms with Crippen LogP contribution in [0.5, 0.6) is 0 Å². The van der Waals surface area contributed by atoms with E-state index in [1.165, 1.54) is 0 Å². The third-order valence-electron chi connectivity index (χ3n) is 5.91. The van der Waals surface area contributed by atoms with E-state index in [4.69, 9.17) is 9.47 Å². The molecule has 0 unspecified atom stereocenters. The van der Waals surface area contributed by atoms with Crippen LogP contribution in [0.1, 0.15) is 82.8 Å². The molecule has 1 saturated heterocycles. The maximum absolute atomic E-state index is 14.4. The van der Waals surface area contributed by atoms with Gasteiger partial charge < -0.3 is 9.47 Å². The smallest absolute Gasteiger partial charge is 0.303 e. The van der Waals surface area contributed by atoms with Crippen molar-refractivity contribution in [2.75, 3.05) is 0 Å². The first-order valence-electron chi connectivity index (χ1n) is 10.2. The zero-order valence-corrected chi connectivity index (χ0v) is 16.3. The summed E-state index contributed by atoms with van der Waals surface area (Å²) >= 11 is 0. The van der Waals surface area contributed by atoms with Gasteiger partial charge in [0, 0.05) is 6.92 Å². The number of benzene rings is 1. The van der Waals surface area contributed by atoms with E-state index in [0.717, 1.165) is 51.9 Å². The second-order valence-electron chi connectivity index (χ2n) is 7.90. The van der Waals surface area contributed by atoms with Crippen LogP contribution in [0.4, 0.5) is 22.0 Å². The molecule has 0 radical (unpaired) electrons. The Morgan fingerprint density at radius 1 is 0.828 bits per heavy atom. The molecule has 162 valence electrons. The number of esters is 1. The average Bonchev–Trinajstić information content (AvgIpc) is 2.67. The first-order chi connectivity index (χ1) is 13.8. The van der Waals surface area contributed by atoms with E-state index in [1.807, 2.05) is 0 Å². The zero-order chi connectivity index (χ0) is 21.2. The Morgan fingerprint density at radius 2 is 1.31 bits per heavy atom. The normalized spacial score (nSPS) is 28.5. The van der Waals surface area contributed by atoms with Crippen molar-refractivity contribution in [3.63, 3.8) is 0 Å². The van der Waals surface area contributed by atoms with Crippen LogP contribution >= 0.6 is 0 Å². The Hall–Kier alpha value is -1.70. The van der Waals surface area contributed by atoms with Crippen LogP contribution in [0.25, 0.3) is 0 Å². The fourth-order valence-electron chi connectivity index (χ4n) is 4.49. The summed E-state index contributed by atoms with van der Waals surface area (Å²) in [7, 11) is 0. The van der Waals surface area contributed by atoms with E-state index in [1.54, 1.807) is 0 Å². The van der Waals surface area contributed by atoms with Gasteiger partial charge in [0.15, 0.2) is 28.9 Å². The lowest BCUT2D eigenvalue weighted by Gasteiger charge is -2.54. The van der Waals surface area contributed by atoms with Gasteiger partial charge in [0.25, 0.3) is 0 Å². The van der Waals surface area contributed by atoms with Gasteiger partial charge in [-0.3, -0.25) is 4.79 Å². The summed E-state index contributed by atoms with van der Waals surface area (Å²) in [6.45, 7) is 1.16. The third kappa shape index (κ3) is 4.13. The highest BCUT2D eigenvalue weighted by atomic mass is 19.2. The standard InChI is InChI=1S/C21H25F5O3/c1-12(27)29-21-11-9-7-5-3-2-4-6-8-10-13(21)28-20(21)14-15(22)17(24)19(26)18(25)16(14)23/h13,20H,2-11H2,1H3/t13-,20+,21+/m1/s1. The Morgan fingerprint density at radius 3 is 1.86 bits per heavy atom. The van der Waals surface area contributed by atoms with Gasteiger partial charge >= 0.3 is 5.97 Å². The molecule has 0 spiro atoms. The molecular formula is C21H25F5O3. The molecule has 0 N–H and O–H groups in total. The molecule has 3 rings (SSSR count). The van der Waals surface area contributed by atoms with Gasteiger partial charge in [-0.25, -0.2) is 22.0 Å². The van der Waals surface area contributed by atoms with Crippen LogP contribution in [0.3, 0.4) is 0 Å². The van der Waals surface area contributed by atoms with Gasteiger partial charge in [0.05, 0.1) is 5.56 Å². The van der Waals surface area contributed by atoms with Crippen molar-refractivity contribution in [3.05, 3.63) is 34.6 Å². The van der Waals surface area contributed by atoms with Crippen molar-refractivity contribution in [3.8, 4) is 0 Å². The molecule has 1 aromatic carbocycles. The first-order valence-corrected chi connectivity index (χ1v) is 10.2. The van der Waals surface area contributed by atoms with Gasteiger partial charge in [0.2, 0.25) is 5.82 Å². The van der Waals surface area contributed by atoms with Crippen molar-refractivity contribution in [2.45, 2.75) is 88.9 Å². The molecule has 2 fully saturated rings. The predicted octanol–water partition coefficient (Wildman–Crippen LogP) is 6.04. The molecule has 3 nitrogen and oxygen atoms in total. The predicted molar refractivity (Wildman–Crippen MR) is 94.5 cm³/mol. The van der Waals surface area contributed by atoms with Gasteiger partial charge in [-0.2, -0.15) is 0 Å². The van der Waals surface area contributed by atoms with E-state index >= 15 is 0 Å². The summed E-state index contributed by atoms with van der Waals surface area (Å²) < 4.78 is 81.1. The van der Waals surface area contributed by atoms with Crippen molar-refractivity contribution >= 4 is 5.97 Å². The molecule has 1 heterocycles. The van der Waals surface area contributed by atoms with E-state index in [0.29, 0.717) is 12.8 Å². The van der Waals surface area contributed by atoms with Gasteiger partial charge in [0.1, 0.15) is 12.2 Å². The second-order valence-corrected chi connectivity index (χ2v) is 7.90. The summed E-state index contributed by atoms with van der Waals surface area (Å²) in [4.78, 5) is 11.8. The SMILES string of the molecule is CC(=O)O[C@@]12CCCCCCCCCC[C@H]1O[C@H]2c1c(F)c(F)c(F)c(F)c1F. The Kier molecular flexibility index (Phi) is 6.81. The van der Waals surface area contributed by atoms with Crippen molar-refractivity contribution in [2.24, 2.45) is 0 Å². The van der Waals surface area contributed by atoms with Crippen LogP contribution < -0.4 is 0 Å². The van der Waals surface area contributed by atoms with Gasteiger partial charge in [-0.05, 0) is 19.3 Å². The first kappa shape index (κ1) is 22.0. The minimum atomic E-state index is -2.22. The van der Waals surface area contributed by atoms with E-state index in [-0.39, 0.29) is 6.42 Å². The molecule has 1 aliphatic heterocycles. The van der Waals surface area contributed by atoms with Crippen molar-refractivity contribution < 1.29 is 36.2 Å². The van der Waals surface area contributed by atoms with Crippen LogP contribution in [-0.4, -0.2) is 17.7 Å². The highest BCUT2D eigenvalue weighted by Crippen LogP contribution is 2.53. The summed E-state index contributed by atoms with van der Waals surface area (Å²) in [6.07, 6.45) is 5.87. The quantitative estimate of drug-likeness (QED) is 0.253. The summed E-state index contributed by atoms with van der Waals surface area (Å²) in [6, 6.07) is 0. The highest BCUT2D eigenvalue weighted by molar-refractivity contribution is 5.67. The minimum absolute atomic E-state index is 0.238. The van der Waals surface area contributed by atoms with Crippen LogP contribution in [-0.2, 0) is 14.3 Å². The lowest BCUT2D eigenvalue weighted by molar-refractivity contribution is -0.308. The van der Waals surface area contributed by atoms with Crippen LogP contribution in [0.2, 0.25) is 0 Å². The summed E-state index contributed by atoms with van der Waals surface area (Å²) in [5.74, 6) is -10.8. The zero-order valence-electron chi connectivity index (χ0n) is 16.3. The third-order valence-corrected chi connectivity index (χ3v) is 5.91. The fourth-order valence-corrected chi connectivity index (χ4v) is 4.49. The van der Waals surface area contributed by atoms with Crippen LogP contribution in [0.15, 0.2) is 0 Å². The van der Waals surface area contributed by atoms with Crippen LogP contribution in [0, 0.1) is 29.1 Å². The lowest BCUT2D eigenvalue weighted by atomic mass is 9.73. The molecule has 3 atom stereocenters. The fraction of sp³-hybridized carbons (Fsp3) is 0.667. The second kappa shape index (κ2) is 8.98. The summed E-state index contributed by atoms with van der Waals surface area (Å²) in [5, 5.41) is 0. The number of rotatable bonds is 2. The van der Waals surface area contributed by atoms with E-state index < -0.39 is 58.4 Å². The largest absolute Gasteiger partial charge is 0.453 e. The number of carbonyl (C=O) groups excluding carboxylic acids is 1. The number of hydrogen-bond donors (Lipinski definition) is 0. The molecule has 1 aromatic rings. The van der Waals surface area contributed by atoms with Gasteiger partial charge in [-0.1, -0.05) is 44.9 Å². The molecule has 29 heavy (non-hydrogen) atoms. The molecule has 0 bridgehead atoms. The Bertz CT molecular complexity index is 740. The number of fused-ring (bicyclic) bond motifs is 1. The maximum Gasteiger partial charge on any atom is 0.303 e. The minimum Gasteiger partial charge on any atom is -0.453 e. The molecule has 2 aliphatic rings. The van der Waals surface area contributed by atoms with E-state index in [2.05, 4.69) is 0 Å². The van der Waals surface area contributed by atoms with Crippen molar-refractivity contribution in [1.82, 2.24) is 0 Å². The molecule has 8 heteroatoms. The molecule has 0 aromatic heterocycles. The number of hydrogen-bond acceptors (Lipinski definition) is 3. The number of carbonyl (C=O) groups is 1. The van der Waals surface area contributed by atoms with E-state index in [9.17, 15) is 26.7 Å². The van der Waals surface area contributed by atoms with Crippen molar-refractivity contribution in [1.29, 1.82) is 0 Å². The summed E-state index contributed by atoms with van der Waals surface area (Å²) in [5.41, 5.74) is -2.50. The maximum atomic E-state index is 14.4. The molecule has 1 aliphatic carbocycles.